The standard InChI is InChI=1S/C21H24N4O4/c1-21(2,3)29-20(27)17-12-16(24-25(17)15-8-6-5-7-9-15)19(26)23-14-10-11-18(28-4)22-13-14/h5-11,13,17H,12H2,1-4H3,(H,23,26)/t17-/m1/s1. The largest absolute Gasteiger partial charge is 0.481 e. The lowest BCUT2D eigenvalue weighted by molar-refractivity contribution is -0.156. The molecule has 1 aliphatic rings. The summed E-state index contributed by atoms with van der Waals surface area (Å²) in [5, 5.41) is 8.70. The summed E-state index contributed by atoms with van der Waals surface area (Å²) in [6.07, 6.45) is 1.63. The topological polar surface area (TPSA) is 93.1 Å². The molecular formula is C21H24N4O4. The van der Waals surface area contributed by atoms with Crippen molar-refractivity contribution in [2.75, 3.05) is 17.4 Å². The number of carbonyl (C=O) groups is 2. The molecule has 1 aliphatic heterocycles. The molecule has 2 heterocycles. The molecule has 8 nitrogen and oxygen atoms in total. The Morgan fingerprint density at radius 3 is 2.45 bits per heavy atom. The third-order valence-corrected chi connectivity index (χ3v) is 4.08. The lowest BCUT2D eigenvalue weighted by atomic mass is 10.1. The van der Waals surface area contributed by atoms with Gasteiger partial charge in [0.2, 0.25) is 5.88 Å². The van der Waals surface area contributed by atoms with Crippen LogP contribution in [0.15, 0.2) is 53.8 Å². The first kappa shape index (κ1) is 20.3. The predicted octanol–water partition coefficient (Wildman–Crippen LogP) is 3.01. The third-order valence-electron chi connectivity index (χ3n) is 4.08. The van der Waals surface area contributed by atoms with Gasteiger partial charge in [-0.1, -0.05) is 18.2 Å². The number of hydrogen-bond donors (Lipinski definition) is 1. The first-order valence-corrected chi connectivity index (χ1v) is 9.23. The minimum absolute atomic E-state index is 0.138. The number of anilines is 2. The Balaban J connectivity index is 1.81. The molecular weight excluding hydrogens is 372 g/mol. The zero-order valence-corrected chi connectivity index (χ0v) is 16.9. The number of ether oxygens (including phenoxy) is 2. The van der Waals surface area contributed by atoms with E-state index in [0.717, 1.165) is 0 Å². The van der Waals surface area contributed by atoms with Crippen LogP contribution in [0.3, 0.4) is 0 Å². The lowest BCUT2D eigenvalue weighted by Crippen LogP contribution is -2.40. The van der Waals surface area contributed by atoms with Crippen LogP contribution in [-0.2, 0) is 14.3 Å². The van der Waals surface area contributed by atoms with Gasteiger partial charge < -0.3 is 14.8 Å². The molecule has 152 valence electrons. The summed E-state index contributed by atoms with van der Waals surface area (Å²) >= 11 is 0. The number of nitrogens with one attached hydrogen (secondary N) is 1. The number of amides is 1. The molecule has 2 aromatic rings. The van der Waals surface area contributed by atoms with Crippen LogP contribution in [0.5, 0.6) is 5.88 Å². The van der Waals surface area contributed by atoms with Crippen molar-refractivity contribution in [1.29, 1.82) is 0 Å². The number of para-hydroxylation sites is 1. The number of benzene rings is 1. The van der Waals surface area contributed by atoms with Crippen LogP contribution >= 0.6 is 0 Å². The van der Waals surface area contributed by atoms with E-state index in [2.05, 4.69) is 15.4 Å². The van der Waals surface area contributed by atoms with Gasteiger partial charge in [0, 0.05) is 12.5 Å². The van der Waals surface area contributed by atoms with E-state index in [1.54, 1.807) is 32.9 Å². The Morgan fingerprint density at radius 1 is 1.14 bits per heavy atom. The Hall–Kier alpha value is -3.42. The molecule has 0 fully saturated rings. The van der Waals surface area contributed by atoms with Crippen molar-refractivity contribution in [1.82, 2.24) is 4.98 Å². The van der Waals surface area contributed by atoms with Crippen LogP contribution in [-0.4, -0.2) is 41.3 Å². The fourth-order valence-electron chi connectivity index (χ4n) is 2.80. The summed E-state index contributed by atoms with van der Waals surface area (Å²) in [5.41, 5.74) is 0.808. The van der Waals surface area contributed by atoms with Gasteiger partial charge in [-0.05, 0) is 39.0 Å². The highest BCUT2D eigenvalue weighted by atomic mass is 16.6. The first-order chi connectivity index (χ1) is 13.8. The third kappa shape index (κ3) is 5.10. The SMILES string of the molecule is COc1ccc(NC(=O)C2=NN(c3ccccc3)[C@@H](C(=O)OC(C)(C)C)C2)cn1. The normalized spacial score (nSPS) is 16.2. The van der Waals surface area contributed by atoms with Gasteiger partial charge >= 0.3 is 5.97 Å². The summed E-state index contributed by atoms with van der Waals surface area (Å²) in [4.78, 5) is 29.5. The number of rotatable bonds is 5. The molecule has 0 bridgehead atoms. The summed E-state index contributed by atoms with van der Waals surface area (Å²) < 4.78 is 10.5. The molecule has 0 saturated carbocycles. The second-order valence-electron chi connectivity index (χ2n) is 7.52. The van der Waals surface area contributed by atoms with Crippen molar-refractivity contribution in [3.63, 3.8) is 0 Å². The second-order valence-corrected chi connectivity index (χ2v) is 7.52. The van der Waals surface area contributed by atoms with Gasteiger partial charge in [0.25, 0.3) is 5.91 Å². The molecule has 1 N–H and O–H groups in total. The van der Waals surface area contributed by atoms with Gasteiger partial charge in [-0.25, -0.2) is 9.78 Å². The second kappa shape index (κ2) is 8.30. The molecule has 29 heavy (non-hydrogen) atoms. The summed E-state index contributed by atoms with van der Waals surface area (Å²) in [6, 6.07) is 11.8. The monoisotopic (exact) mass is 396 g/mol. The Labute approximate surface area is 169 Å². The molecule has 0 unspecified atom stereocenters. The lowest BCUT2D eigenvalue weighted by Gasteiger charge is -2.26. The van der Waals surface area contributed by atoms with Crippen molar-refractivity contribution in [2.45, 2.75) is 38.8 Å². The molecule has 0 saturated heterocycles. The molecule has 1 amide bonds. The molecule has 1 aromatic carbocycles. The number of hydrogen-bond acceptors (Lipinski definition) is 7. The van der Waals surface area contributed by atoms with Crippen LogP contribution in [0.25, 0.3) is 0 Å². The van der Waals surface area contributed by atoms with Gasteiger partial charge in [-0.3, -0.25) is 9.80 Å². The first-order valence-electron chi connectivity index (χ1n) is 9.23. The van der Waals surface area contributed by atoms with Crippen molar-refractivity contribution in [2.24, 2.45) is 5.10 Å². The number of aromatic nitrogens is 1. The molecule has 8 heteroatoms. The molecule has 1 atom stereocenters. The van der Waals surface area contributed by atoms with E-state index < -0.39 is 23.5 Å². The van der Waals surface area contributed by atoms with Gasteiger partial charge in [0.15, 0.2) is 6.04 Å². The van der Waals surface area contributed by atoms with E-state index in [1.807, 2.05) is 30.3 Å². The maximum atomic E-state index is 12.7. The number of hydrazone groups is 1. The van der Waals surface area contributed by atoms with Crippen molar-refractivity contribution >= 4 is 29.0 Å². The fourth-order valence-corrected chi connectivity index (χ4v) is 2.80. The van der Waals surface area contributed by atoms with Crippen molar-refractivity contribution in [3.8, 4) is 5.88 Å². The minimum Gasteiger partial charge on any atom is -0.481 e. The average molecular weight is 396 g/mol. The zero-order valence-electron chi connectivity index (χ0n) is 16.9. The highest BCUT2D eigenvalue weighted by Crippen LogP contribution is 2.27. The van der Waals surface area contributed by atoms with E-state index >= 15 is 0 Å². The molecule has 0 aliphatic carbocycles. The summed E-state index contributed by atoms with van der Waals surface area (Å²) in [7, 11) is 1.52. The number of carbonyl (C=O) groups excluding carboxylic acids is 2. The van der Waals surface area contributed by atoms with Gasteiger partial charge in [-0.2, -0.15) is 5.10 Å². The van der Waals surface area contributed by atoms with Crippen molar-refractivity contribution in [3.05, 3.63) is 48.7 Å². The Bertz CT molecular complexity index is 905. The number of esters is 1. The highest BCUT2D eigenvalue weighted by molar-refractivity contribution is 6.44. The highest BCUT2D eigenvalue weighted by Gasteiger charge is 2.38. The van der Waals surface area contributed by atoms with Crippen molar-refractivity contribution < 1.29 is 19.1 Å². The zero-order chi connectivity index (χ0) is 21.0. The van der Waals surface area contributed by atoms with E-state index in [0.29, 0.717) is 17.3 Å². The number of pyridine rings is 1. The van der Waals surface area contributed by atoms with Crippen LogP contribution in [0.1, 0.15) is 27.2 Å². The molecule has 0 spiro atoms. The van der Waals surface area contributed by atoms with Gasteiger partial charge in [0.1, 0.15) is 11.3 Å². The number of nitrogens with zero attached hydrogens (tertiary/aromatic N) is 3. The number of methoxy groups -OCH3 is 1. The minimum atomic E-state index is -0.716. The summed E-state index contributed by atoms with van der Waals surface area (Å²) in [5.74, 6) is -0.385. The fraction of sp³-hybridized carbons (Fsp3) is 0.333. The smallest absolute Gasteiger partial charge is 0.331 e. The maximum Gasteiger partial charge on any atom is 0.331 e. The molecule has 1 aromatic heterocycles. The quantitative estimate of drug-likeness (QED) is 0.781. The molecule has 0 radical (unpaired) electrons. The van der Waals surface area contributed by atoms with Crippen LogP contribution in [0, 0.1) is 0 Å². The van der Waals surface area contributed by atoms with Gasteiger partial charge in [0.05, 0.1) is 24.7 Å². The van der Waals surface area contributed by atoms with E-state index in [9.17, 15) is 9.59 Å². The van der Waals surface area contributed by atoms with E-state index in [4.69, 9.17) is 9.47 Å². The van der Waals surface area contributed by atoms with Gasteiger partial charge in [-0.15, -0.1) is 0 Å². The Kier molecular flexibility index (Phi) is 5.81. The average Bonchev–Trinajstić information content (AvgIpc) is 3.14. The van der Waals surface area contributed by atoms with Crippen LogP contribution in [0.2, 0.25) is 0 Å². The Morgan fingerprint density at radius 2 is 1.86 bits per heavy atom. The van der Waals surface area contributed by atoms with Crippen LogP contribution < -0.4 is 15.1 Å². The predicted molar refractivity (Wildman–Crippen MR) is 110 cm³/mol. The van der Waals surface area contributed by atoms with E-state index in [-0.39, 0.29) is 12.1 Å². The van der Waals surface area contributed by atoms with Crippen LogP contribution in [0.4, 0.5) is 11.4 Å². The molecule has 3 rings (SSSR count). The van der Waals surface area contributed by atoms with E-state index in [1.165, 1.54) is 18.3 Å². The maximum absolute atomic E-state index is 12.7. The summed E-state index contributed by atoms with van der Waals surface area (Å²) in [6.45, 7) is 5.41.